The standard InChI is InChI=1S/C20H17FO2S/c1-23-15-10-8-14(9-11-15)17(16-5-2-3-6-18(16)21)13-19(22)20-7-4-12-24-20/h2-12,17H,13H2,1H3. The van der Waals surface area contributed by atoms with Gasteiger partial charge >= 0.3 is 0 Å². The molecule has 0 aliphatic heterocycles. The maximum atomic E-state index is 14.3. The molecule has 1 atom stereocenters. The van der Waals surface area contributed by atoms with Crippen molar-refractivity contribution < 1.29 is 13.9 Å². The normalized spacial score (nSPS) is 11.9. The van der Waals surface area contributed by atoms with Crippen LogP contribution < -0.4 is 4.74 Å². The summed E-state index contributed by atoms with van der Waals surface area (Å²) in [6.07, 6.45) is 0.230. The summed E-state index contributed by atoms with van der Waals surface area (Å²) in [5, 5.41) is 1.87. The smallest absolute Gasteiger partial charge is 0.173 e. The molecule has 0 aliphatic carbocycles. The summed E-state index contributed by atoms with van der Waals surface area (Å²) in [4.78, 5) is 13.3. The number of rotatable bonds is 6. The van der Waals surface area contributed by atoms with E-state index in [9.17, 15) is 9.18 Å². The van der Waals surface area contributed by atoms with Gasteiger partial charge in [-0.2, -0.15) is 0 Å². The molecule has 0 radical (unpaired) electrons. The van der Waals surface area contributed by atoms with Crippen molar-refractivity contribution in [3.05, 3.63) is 87.9 Å². The Balaban J connectivity index is 1.97. The van der Waals surface area contributed by atoms with E-state index in [0.29, 0.717) is 10.4 Å². The molecule has 1 aromatic heterocycles. The van der Waals surface area contributed by atoms with Crippen LogP contribution in [-0.2, 0) is 0 Å². The van der Waals surface area contributed by atoms with Crippen LogP contribution >= 0.6 is 11.3 Å². The van der Waals surface area contributed by atoms with E-state index >= 15 is 0 Å². The van der Waals surface area contributed by atoms with Crippen LogP contribution in [0.3, 0.4) is 0 Å². The summed E-state index contributed by atoms with van der Waals surface area (Å²) in [6.45, 7) is 0. The molecule has 4 heteroatoms. The van der Waals surface area contributed by atoms with E-state index in [-0.39, 0.29) is 23.9 Å². The van der Waals surface area contributed by atoms with Crippen molar-refractivity contribution in [2.45, 2.75) is 12.3 Å². The first-order chi connectivity index (χ1) is 11.7. The fraction of sp³-hybridized carbons (Fsp3) is 0.150. The van der Waals surface area contributed by atoms with Gasteiger partial charge in [0.2, 0.25) is 0 Å². The van der Waals surface area contributed by atoms with E-state index in [0.717, 1.165) is 11.3 Å². The highest BCUT2D eigenvalue weighted by Gasteiger charge is 2.22. The first-order valence-corrected chi connectivity index (χ1v) is 8.52. The largest absolute Gasteiger partial charge is 0.497 e. The molecule has 2 nitrogen and oxygen atoms in total. The number of ketones is 1. The quantitative estimate of drug-likeness (QED) is 0.569. The Labute approximate surface area is 144 Å². The first kappa shape index (κ1) is 16.4. The Kier molecular flexibility index (Phi) is 5.06. The Hall–Kier alpha value is -2.46. The third kappa shape index (κ3) is 3.54. The molecule has 0 saturated heterocycles. The molecule has 1 heterocycles. The second-order valence-corrected chi connectivity index (χ2v) is 6.40. The second kappa shape index (κ2) is 7.41. The third-order valence-electron chi connectivity index (χ3n) is 3.98. The molecule has 122 valence electrons. The lowest BCUT2D eigenvalue weighted by atomic mass is 9.86. The molecule has 3 rings (SSSR count). The van der Waals surface area contributed by atoms with Gasteiger partial charge in [-0.1, -0.05) is 36.4 Å². The number of thiophene rings is 1. The Morgan fingerprint density at radius 1 is 1.08 bits per heavy atom. The fourth-order valence-corrected chi connectivity index (χ4v) is 3.40. The molecule has 24 heavy (non-hydrogen) atoms. The molecule has 0 saturated carbocycles. The molecule has 3 aromatic rings. The minimum Gasteiger partial charge on any atom is -0.497 e. The molecule has 0 N–H and O–H groups in total. The Bertz CT molecular complexity index is 810. The predicted molar refractivity (Wildman–Crippen MR) is 94.5 cm³/mol. The van der Waals surface area contributed by atoms with Crippen LogP contribution in [0.5, 0.6) is 5.75 Å². The zero-order chi connectivity index (χ0) is 16.9. The molecule has 0 amide bonds. The third-order valence-corrected chi connectivity index (χ3v) is 4.90. The van der Waals surface area contributed by atoms with E-state index in [1.165, 1.54) is 17.4 Å². The number of Topliss-reactive ketones (excluding diaryl/α,β-unsaturated/α-hetero) is 1. The number of ether oxygens (including phenoxy) is 1. The van der Waals surface area contributed by atoms with Crippen LogP contribution in [0.25, 0.3) is 0 Å². The lowest BCUT2D eigenvalue weighted by Gasteiger charge is -2.18. The average Bonchev–Trinajstić information content (AvgIpc) is 3.15. The van der Waals surface area contributed by atoms with E-state index in [4.69, 9.17) is 4.74 Å². The SMILES string of the molecule is COc1ccc(C(CC(=O)c2cccs2)c2ccccc2F)cc1. The first-order valence-electron chi connectivity index (χ1n) is 7.64. The minimum atomic E-state index is -0.327. The van der Waals surface area contributed by atoms with Crippen LogP contribution in [0.1, 0.15) is 33.1 Å². The van der Waals surface area contributed by atoms with Gasteiger partial charge in [-0.3, -0.25) is 4.79 Å². The monoisotopic (exact) mass is 340 g/mol. The molecular weight excluding hydrogens is 323 g/mol. The van der Waals surface area contributed by atoms with E-state index in [1.807, 2.05) is 35.7 Å². The molecule has 0 bridgehead atoms. The summed E-state index contributed by atoms with van der Waals surface area (Å²) in [7, 11) is 1.60. The maximum absolute atomic E-state index is 14.3. The van der Waals surface area contributed by atoms with Gasteiger partial charge in [0.1, 0.15) is 11.6 Å². The summed E-state index contributed by atoms with van der Waals surface area (Å²) in [6, 6.07) is 17.7. The highest BCUT2D eigenvalue weighted by Crippen LogP contribution is 2.32. The summed E-state index contributed by atoms with van der Waals surface area (Å²) in [5.74, 6) is 0.133. The van der Waals surface area contributed by atoms with Gasteiger partial charge in [0.05, 0.1) is 12.0 Å². The minimum absolute atomic E-state index is 0.0223. The van der Waals surface area contributed by atoms with Crippen molar-refractivity contribution in [3.63, 3.8) is 0 Å². The van der Waals surface area contributed by atoms with Gasteiger partial charge < -0.3 is 4.74 Å². The van der Waals surface area contributed by atoms with Crippen molar-refractivity contribution in [1.82, 2.24) is 0 Å². The van der Waals surface area contributed by atoms with Gasteiger partial charge in [-0.25, -0.2) is 4.39 Å². The maximum Gasteiger partial charge on any atom is 0.173 e. The molecule has 0 aliphatic rings. The Morgan fingerprint density at radius 3 is 2.46 bits per heavy atom. The highest BCUT2D eigenvalue weighted by molar-refractivity contribution is 7.12. The summed E-state index contributed by atoms with van der Waals surface area (Å²) in [5.41, 5.74) is 1.43. The van der Waals surface area contributed by atoms with E-state index in [2.05, 4.69) is 0 Å². The highest BCUT2D eigenvalue weighted by atomic mass is 32.1. The van der Waals surface area contributed by atoms with Crippen LogP contribution in [0, 0.1) is 5.82 Å². The predicted octanol–water partition coefficient (Wildman–Crippen LogP) is 5.30. The number of hydrogen-bond acceptors (Lipinski definition) is 3. The second-order valence-electron chi connectivity index (χ2n) is 5.45. The molecule has 0 spiro atoms. The number of methoxy groups -OCH3 is 1. The van der Waals surface area contributed by atoms with Gasteiger partial charge in [0.15, 0.2) is 5.78 Å². The number of benzene rings is 2. The summed E-state index contributed by atoms with van der Waals surface area (Å²) >= 11 is 1.41. The topological polar surface area (TPSA) is 26.3 Å². The lowest BCUT2D eigenvalue weighted by molar-refractivity contribution is 0.0981. The molecule has 1 unspecified atom stereocenters. The Morgan fingerprint density at radius 2 is 1.83 bits per heavy atom. The van der Waals surface area contributed by atoms with Crippen LogP contribution in [0.2, 0.25) is 0 Å². The van der Waals surface area contributed by atoms with Crippen molar-refractivity contribution in [2.24, 2.45) is 0 Å². The number of hydrogen-bond donors (Lipinski definition) is 0. The number of carbonyl (C=O) groups is 1. The molecular formula is C20H17FO2S. The average molecular weight is 340 g/mol. The zero-order valence-electron chi connectivity index (χ0n) is 13.2. The van der Waals surface area contributed by atoms with Crippen LogP contribution in [0.15, 0.2) is 66.0 Å². The molecule has 0 fully saturated rings. The number of halogens is 1. The lowest BCUT2D eigenvalue weighted by Crippen LogP contribution is -2.10. The van der Waals surface area contributed by atoms with Crippen molar-refractivity contribution in [3.8, 4) is 5.75 Å². The van der Waals surface area contributed by atoms with E-state index < -0.39 is 0 Å². The molecule has 2 aromatic carbocycles. The van der Waals surface area contributed by atoms with Crippen molar-refractivity contribution >= 4 is 17.1 Å². The van der Waals surface area contributed by atoms with Gasteiger partial charge in [-0.05, 0) is 40.8 Å². The zero-order valence-corrected chi connectivity index (χ0v) is 14.1. The van der Waals surface area contributed by atoms with E-state index in [1.54, 1.807) is 31.4 Å². The van der Waals surface area contributed by atoms with Gasteiger partial charge in [-0.15, -0.1) is 11.3 Å². The fourth-order valence-electron chi connectivity index (χ4n) is 2.72. The van der Waals surface area contributed by atoms with Crippen molar-refractivity contribution in [2.75, 3.05) is 7.11 Å². The van der Waals surface area contributed by atoms with Gasteiger partial charge in [0.25, 0.3) is 0 Å². The number of carbonyl (C=O) groups excluding carboxylic acids is 1. The summed E-state index contributed by atoms with van der Waals surface area (Å²) < 4.78 is 19.5. The van der Waals surface area contributed by atoms with Crippen molar-refractivity contribution in [1.29, 1.82) is 0 Å². The van der Waals surface area contributed by atoms with Gasteiger partial charge in [0, 0.05) is 12.3 Å². The van der Waals surface area contributed by atoms with Crippen LogP contribution in [0.4, 0.5) is 4.39 Å². The van der Waals surface area contributed by atoms with Crippen LogP contribution in [-0.4, -0.2) is 12.9 Å².